The fourth-order valence-electron chi connectivity index (χ4n) is 1.07. The highest BCUT2D eigenvalue weighted by Crippen LogP contribution is 2.13. The van der Waals surface area contributed by atoms with Crippen LogP contribution in [0.3, 0.4) is 0 Å². The molecule has 1 aromatic heterocycles. The number of carbonyl (C=O) groups is 1. The van der Waals surface area contributed by atoms with E-state index in [-0.39, 0.29) is 5.70 Å². The van der Waals surface area contributed by atoms with Crippen molar-refractivity contribution in [2.24, 2.45) is 4.99 Å². The van der Waals surface area contributed by atoms with Crippen molar-refractivity contribution in [3.8, 4) is 0 Å². The number of rotatable bonds is 1. The number of fused-ring (bicyclic) bond motifs is 1. The van der Waals surface area contributed by atoms with Gasteiger partial charge in [-0.05, 0) is 12.1 Å². The van der Waals surface area contributed by atoms with E-state index in [1.54, 1.807) is 18.3 Å². The van der Waals surface area contributed by atoms with Gasteiger partial charge in [-0.1, -0.05) is 0 Å². The van der Waals surface area contributed by atoms with Crippen LogP contribution in [0.5, 0.6) is 0 Å². The minimum absolute atomic E-state index is 0.0389. The van der Waals surface area contributed by atoms with E-state index in [9.17, 15) is 4.79 Å². The zero-order valence-electron chi connectivity index (χ0n) is 7.14. The molecule has 0 aliphatic carbocycles. The summed E-state index contributed by atoms with van der Waals surface area (Å²) in [6.45, 7) is 0. The predicted octanol–water partition coefficient (Wildman–Crippen LogP) is 0.852. The summed E-state index contributed by atoms with van der Waals surface area (Å²) in [5.41, 5.74) is 0.725. The van der Waals surface area contributed by atoms with Crippen LogP contribution in [0.15, 0.2) is 35.2 Å². The van der Waals surface area contributed by atoms with Gasteiger partial charge in [-0.15, -0.1) is 0 Å². The average Bonchev–Trinajstić information content (AvgIpc) is 2.39. The quantitative estimate of drug-likeness (QED) is 0.686. The molecule has 1 aromatic rings. The summed E-state index contributed by atoms with van der Waals surface area (Å²) < 4.78 is 0. The van der Waals surface area contributed by atoms with Gasteiger partial charge in [-0.3, -0.25) is 0 Å². The number of carboxylic acids is 1. The first-order valence-corrected chi connectivity index (χ1v) is 3.96. The largest absolute Gasteiger partial charge is 0.476 e. The Labute approximate surface area is 79.8 Å². The zero-order valence-corrected chi connectivity index (χ0v) is 7.14. The highest BCUT2D eigenvalue weighted by molar-refractivity contribution is 5.95. The van der Waals surface area contributed by atoms with Crippen molar-refractivity contribution in [3.05, 3.63) is 35.8 Å². The summed E-state index contributed by atoms with van der Waals surface area (Å²) in [4.78, 5) is 18.4. The summed E-state index contributed by atoms with van der Waals surface area (Å²) in [5, 5.41) is 11.5. The van der Waals surface area contributed by atoms with Gasteiger partial charge in [0.05, 0.1) is 0 Å². The van der Waals surface area contributed by atoms with Crippen molar-refractivity contribution in [1.82, 2.24) is 4.98 Å². The Morgan fingerprint density at radius 3 is 3.14 bits per heavy atom. The molecule has 2 heterocycles. The lowest BCUT2D eigenvalue weighted by Crippen LogP contribution is -2.00. The molecule has 5 heteroatoms. The molecule has 0 aromatic carbocycles. The summed E-state index contributed by atoms with van der Waals surface area (Å²) in [7, 11) is 0. The van der Waals surface area contributed by atoms with Crippen molar-refractivity contribution in [2.45, 2.75) is 0 Å². The number of aliphatic imine (C=N–C) groups is 1. The molecule has 0 atom stereocenters. The van der Waals surface area contributed by atoms with Gasteiger partial charge in [0.25, 0.3) is 0 Å². The van der Waals surface area contributed by atoms with E-state index >= 15 is 0 Å². The molecule has 0 saturated carbocycles. The summed E-state index contributed by atoms with van der Waals surface area (Å²) in [6.07, 6.45) is 4.42. The first-order chi connectivity index (χ1) is 6.77. The highest BCUT2D eigenvalue weighted by Gasteiger charge is 2.09. The van der Waals surface area contributed by atoms with Gasteiger partial charge in [0, 0.05) is 24.2 Å². The monoisotopic (exact) mass is 189 g/mol. The van der Waals surface area contributed by atoms with E-state index in [2.05, 4.69) is 15.3 Å². The van der Waals surface area contributed by atoms with Gasteiger partial charge in [0.15, 0.2) is 5.70 Å². The van der Waals surface area contributed by atoms with Crippen LogP contribution in [-0.2, 0) is 4.79 Å². The van der Waals surface area contributed by atoms with Crippen LogP contribution in [-0.4, -0.2) is 22.3 Å². The van der Waals surface area contributed by atoms with Gasteiger partial charge in [0.2, 0.25) is 0 Å². The van der Waals surface area contributed by atoms with Crippen LogP contribution in [0.4, 0.5) is 5.82 Å². The minimum atomic E-state index is -1.07. The third-order valence-corrected chi connectivity index (χ3v) is 1.75. The topological polar surface area (TPSA) is 74.6 Å². The molecule has 5 nitrogen and oxygen atoms in total. The molecule has 14 heavy (non-hydrogen) atoms. The number of nitrogens with one attached hydrogen (secondary N) is 1. The maximum atomic E-state index is 10.6. The molecule has 0 fully saturated rings. The van der Waals surface area contributed by atoms with E-state index in [4.69, 9.17) is 5.11 Å². The van der Waals surface area contributed by atoms with E-state index in [1.807, 2.05) is 0 Å². The van der Waals surface area contributed by atoms with Crippen molar-refractivity contribution >= 4 is 18.0 Å². The molecular weight excluding hydrogens is 182 g/mol. The molecule has 2 N–H and O–H groups in total. The normalized spacial score (nSPS) is 13.6. The number of anilines is 1. The van der Waals surface area contributed by atoms with E-state index in [0.717, 1.165) is 5.56 Å². The SMILES string of the molecule is O=C(O)C1=CNc2ncccc2C=N1. The lowest BCUT2D eigenvalue weighted by Gasteiger charge is -1.99. The number of carboxylic acid groups (broad SMARTS) is 1. The van der Waals surface area contributed by atoms with Crippen LogP contribution in [0.25, 0.3) is 0 Å². The fourth-order valence-corrected chi connectivity index (χ4v) is 1.07. The smallest absolute Gasteiger partial charge is 0.356 e. The van der Waals surface area contributed by atoms with Gasteiger partial charge in [0.1, 0.15) is 5.82 Å². The molecule has 1 aliphatic rings. The van der Waals surface area contributed by atoms with Gasteiger partial charge < -0.3 is 10.4 Å². The summed E-state index contributed by atoms with van der Waals surface area (Å²) in [5.74, 6) is -0.464. The Kier molecular flexibility index (Phi) is 1.98. The van der Waals surface area contributed by atoms with E-state index < -0.39 is 5.97 Å². The molecule has 0 amide bonds. The fraction of sp³-hybridized carbons (Fsp3) is 0. The molecule has 2 rings (SSSR count). The second-order valence-corrected chi connectivity index (χ2v) is 2.68. The van der Waals surface area contributed by atoms with Crippen LogP contribution in [0, 0.1) is 0 Å². The average molecular weight is 189 g/mol. The molecule has 0 bridgehead atoms. The first kappa shape index (κ1) is 8.43. The van der Waals surface area contributed by atoms with Crippen molar-refractivity contribution < 1.29 is 9.90 Å². The second kappa shape index (κ2) is 3.29. The number of pyridine rings is 1. The molecular formula is C9H7N3O2. The first-order valence-electron chi connectivity index (χ1n) is 3.96. The maximum Gasteiger partial charge on any atom is 0.356 e. The molecule has 70 valence electrons. The number of nitrogens with zero attached hydrogens (tertiary/aromatic N) is 2. The molecule has 0 saturated heterocycles. The van der Waals surface area contributed by atoms with Crippen molar-refractivity contribution in [1.29, 1.82) is 0 Å². The Morgan fingerprint density at radius 1 is 1.50 bits per heavy atom. The zero-order chi connectivity index (χ0) is 9.97. The Hall–Kier alpha value is -2.17. The minimum Gasteiger partial charge on any atom is -0.476 e. The standard InChI is InChI=1S/C9H7N3O2/c13-9(14)7-5-12-8-6(4-11-7)2-1-3-10-8/h1-5H,(H,10,12)(H,13,14). The lowest BCUT2D eigenvalue weighted by atomic mass is 10.3. The Balaban J connectivity index is 2.41. The Bertz CT molecular complexity index is 437. The van der Waals surface area contributed by atoms with Gasteiger partial charge in [-0.2, -0.15) is 0 Å². The van der Waals surface area contributed by atoms with Crippen LogP contribution in [0.2, 0.25) is 0 Å². The van der Waals surface area contributed by atoms with E-state index in [0.29, 0.717) is 5.82 Å². The van der Waals surface area contributed by atoms with E-state index in [1.165, 1.54) is 12.4 Å². The van der Waals surface area contributed by atoms with Crippen LogP contribution >= 0.6 is 0 Å². The van der Waals surface area contributed by atoms with Crippen molar-refractivity contribution in [2.75, 3.05) is 5.32 Å². The maximum absolute atomic E-state index is 10.6. The number of aliphatic carboxylic acids is 1. The number of hydrogen-bond donors (Lipinski definition) is 2. The predicted molar refractivity (Wildman–Crippen MR) is 51.2 cm³/mol. The van der Waals surface area contributed by atoms with Crippen LogP contribution < -0.4 is 5.32 Å². The Morgan fingerprint density at radius 2 is 2.36 bits per heavy atom. The summed E-state index contributed by atoms with van der Waals surface area (Å²) >= 11 is 0. The van der Waals surface area contributed by atoms with Gasteiger partial charge >= 0.3 is 5.97 Å². The highest BCUT2D eigenvalue weighted by atomic mass is 16.4. The lowest BCUT2D eigenvalue weighted by molar-refractivity contribution is -0.132. The number of hydrogen-bond acceptors (Lipinski definition) is 4. The van der Waals surface area contributed by atoms with Gasteiger partial charge in [-0.25, -0.2) is 14.8 Å². The third-order valence-electron chi connectivity index (χ3n) is 1.75. The number of aromatic nitrogens is 1. The molecule has 1 aliphatic heterocycles. The second-order valence-electron chi connectivity index (χ2n) is 2.68. The summed E-state index contributed by atoms with van der Waals surface area (Å²) in [6, 6.07) is 3.57. The molecule has 0 spiro atoms. The van der Waals surface area contributed by atoms with Crippen molar-refractivity contribution in [3.63, 3.8) is 0 Å². The molecule has 0 radical (unpaired) electrons. The third kappa shape index (κ3) is 1.47. The molecule has 0 unspecified atom stereocenters. The van der Waals surface area contributed by atoms with Crippen LogP contribution in [0.1, 0.15) is 5.56 Å².